The van der Waals surface area contributed by atoms with Crippen LogP contribution in [-0.4, -0.2) is 32.8 Å². The number of nitrogens with one attached hydrogen (secondary N) is 1. The molecule has 1 aliphatic rings. The maximum absolute atomic E-state index is 13.1. The van der Waals surface area contributed by atoms with E-state index in [4.69, 9.17) is 0 Å². The Labute approximate surface area is 133 Å². The Morgan fingerprint density at radius 2 is 1.83 bits per heavy atom. The number of halogens is 1. The van der Waals surface area contributed by atoms with Crippen LogP contribution in [0.15, 0.2) is 30.5 Å². The van der Waals surface area contributed by atoms with E-state index in [1.54, 1.807) is 23.0 Å². The van der Waals surface area contributed by atoms with Crippen molar-refractivity contribution in [1.82, 2.24) is 19.7 Å². The summed E-state index contributed by atoms with van der Waals surface area (Å²) in [7, 11) is 1.87. The third kappa shape index (κ3) is 2.58. The Morgan fingerprint density at radius 3 is 2.57 bits per heavy atom. The van der Waals surface area contributed by atoms with Gasteiger partial charge in [0, 0.05) is 25.8 Å². The van der Waals surface area contributed by atoms with Crippen molar-refractivity contribution in [2.45, 2.75) is 12.8 Å². The predicted molar refractivity (Wildman–Crippen MR) is 87.4 cm³/mol. The summed E-state index contributed by atoms with van der Waals surface area (Å²) in [6, 6.07) is 6.22. The Bertz CT molecular complexity index is 836. The number of nitrogens with zero attached hydrogens (tertiary/aromatic N) is 5. The van der Waals surface area contributed by atoms with Crippen molar-refractivity contribution in [3.8, 4) is 0 Å². The van der Waals surface area contributed by atoms with Crippen molar-refractivity contribution in [3.05, 3.63) is 36.3 Å². The second-order valence-electron chi connectivity index (χ2n) is 5.70. The first-order chi connectivity index (χ1) is 11.2. The standard InChI is InChI=1S/C16H17FN6/c1-22-15-13(10-18-22)14(19-12-6-4-11(17)5-7-12)20-16(21-15)23-8-2-3-9-23/h4-7,10H,2-3,8-9H2,1H3,(H,19,20,21). The maximum Gasteiger partial charge on any atom is 0.229 e. The third-order valence-corrected chi connectivity index (χ3v) is 4.08. The van der Waals surface area contributed by atoms with E-state index in [1.807, 2.05) is 7.05 Å². The van der Waals surface area contributed by atoms with Crippen LogP contribution in [0.2, 0.25) is 0 Å². The zero-order chi connectivity index (χ0) is 15.8. The van der Waals surface area contributed by atoms with Gasteiger partial charge in [0.25, 0.3) is 0 Å². The molecular weight excluding hydrogens is 295 g/mol. The van der Waals surface area contributed by atoms with Gasteiger partial charge in [-0.15, -0.1) is 0 Å². The molecule has 7 heteroatoms. The lowest BCUT2D eigenvalue weighted by Gasteiger charge is -2.17. The maximum atomic E-state index is 13.1. The van der Waals surface area contributed by atoms with Gasteiger partial charge in [-0.3, -0.25) is 4.68 Å². The SMILES string of the molecule is Cn1ncc2c(Nc3ccc(F)cc3)nc(N3CCCC3)nc21. The molecule has 0 saturated carbocycles. The molecule has 1 aromatic carbocycles. The van der Waals surface area contributed by atoms with Crippen LogP contribution in [-0.2, 0) is 7.05 Å². The van der Waals surface area contributed by atoms with Gasteiger partial charge < -0.3 is 10.2 Å². The molecule has 118 valence electrons. The molecule has 0 atom stereocenters. The van der Waals surface area contributed by atoms with Gasteiger partial charge >= 0.3 is 0 Å². The summed E-state index contributed by atoms with van der Waals surface area (Å²) in [5.74, 6) is 1.14. The molecule has 0 amide bonds. The molecule has 2 aromatic heterocycles. The molecule has 1 N–H and O–H groups in total. The Balaban J connectivity index is 1.78. The van der Waals surface area contributed by atoms with Crippen molar-refractivity contribution in [2.75, 3.05) is 23.3 Å². The van der Waals surface area contributed by atoms with Crippen LogP contribution in [0.5, 0.6) is 0 Å². The predicted octanol–water partition coefficient (Wildman–Crippen LogP) is 2.85. The lowest BCUT2D eigenvalue weighted by molar-refractivity contribution is 0.628. The zero-order valence-electron chi connectivity index (χ0n) is 12.8. The molecule has 0 spiro atoms. The van der Waals surface area contributed by atoms with Gasteiger partial charge in [-0.25, -0.2) is 4.39 Å². The van der Waals surface area contributed by atoms with Gasteiger partial charge in [0.05, 0.1) is 11.6 Å². The van der Waals surface area contributed by atoms with Crippen LogP contribution in [0.1, 0.15) is 12.8 Å². The summed E-state index contributed by atoms with van der Waals surface area (Å²) >= 11 is 0. The lowest BCUT2D eigenvalue weighted by Crippen LogP contribution is -2.21. The summed E-state index contributed by atoms with van der Waals surface area (Å²) in [5, 5.41) is 8.38. The number of hydrogen-bond donors (Lipinski definition) is 1. The van der Waals surface area contributed by atoms with Crippen LogP contribution in [0.3, 0.4) is 0 Å². The number of aromatic nitrogens is 4. The summed E-state index contributed by atoms with van der Waals surface area (Å²) in [6.45, 7) is 1.94. The first kappa shape index (κ1) is 13.9. The Kier molecular flexibility index (Phi) is 3.33. The summed E-state index contributed by atoms with van der Waals surface area (Å²) < 4.78 is 14.8. The van der Waals surface area contributed by atoms with E-state index in [0.29, 0.717) is 11.8 Å². The van der Waals surface area contributed by atoms with Crippen molar-refractivity contribution in [3.63, 3.8) is 0 Å². The number of fused-ring (bicyclic) bond motifs is 1. The van der Waals surface area contributed by atoms with Crippen molar-refractivity contribution in [2.24, 2.45) is 7.05 Å². The van der Waals surface area contributed by atoms with E-state index in [9.17, 15) is 4.39 Å². The van der Waals surface area contributed by atoms with Crippen LogP contribution in [0.4, 0.5) is 21.8 Å². The van der Waals surface area contributed by atoms with Crippen molar-refractivity contribution in [1.29, 1.82) is 0 Å². The molecule has 1 saturated heterocycles. The highest BCUT2D eigenvalue weighted by Gasteiger charge is 2.19. The molecule has 4 rings (SSSR count). The Morgan fingerprint density at radius 1 is 1.09 bits per heavy atom. The normalized spacial score (nSPS) is 14.6. The van der Waals surface area contributed by atoms with E-state index in [0.717, 1.165) is 42.7 Å². The minimum Gasteiger partial charge on any atom is -0.341 e. The average molecular weight is 312 g/mol. The van der Waals surface area contributed by atoms with Crippen LogP contribution >= 0.6 is 0 Å². The second-order valence-corrected chi connectivity index (χ2v) is 5.70. The van der Waals surface area contributed by atoms with E-state index in [2.05, 4.69) is 25.3 Å². The fourth-order valence-corrected chi connectivity index (χ4v) is 2.83. The highest BCUT2D eigenvalue weighted by Crippen LogP contribution is 2.27. The number of aryl methyl sites for hydroxylation is 1. The van der Waals surface area contributed by atoms with Gasteiger partial charge in [0.2, 0.25) is 5.95 Å². The number of rotatable bonds is 3. The third-order valence-electron chi connectivity index (χ3n) is 4.08. The van der Waals surface area contributed by atoms with E-state index < -0.39 is 0 Å². The van der Waals surface area contributed by atoms with Crippen LogP contribution in [0.25, 0.3) is 11.0 Å². The largest absolute Gasteiger partial charge is 0.341 e. The van der Waals surface area contributed by atoms with E-state index >= 15 is 0 Å². The summed E-state index contributed by atoms with van der Waals surface area (Å²) in [4.78, 5) is 11.5. The van der Waals surface area contributed by atoms with Gasteiger partial charge in [0.1, 0.15) is 11.6 Å². The first-order valence-corrected chi connectivity index (χ1v) is 7.68. The van der Waals surface area contributed by atoms with Gasteiger partial charge in [-0.1, -0.05) is 0 Å². The highest BCUT2D eigenvalue weighted by molar-refractivity contribution is 5.89. The Hall–Kier alpha value is -2.70. The highest BCUT2D eigenvalue weighted by atomic mass is 19.1. The quantitative estimate of drug-likeness (QED) is 0.806. The topological polar surface area (TPSA) is 58.9 Å². The zero-order valence-corrected chi connectivity index (χ0v) is 12.8. The number of benzene rings is 1. The number of anilines is 3. The van der Waals surface area contributed by atoms with Gasteiger partial charge in [-0.2, -0.15) is 15.1 Å². The summed E-state index contributed by atoms with van der Waals surface area (Å²) in [6.07, 6.45) is 4.07. The second kappa shape index (κ2) is 5.49. The van der Waals surface area contributed by atoms with Crippen molar-refractivity contribution >= 4 is 28.5 Å². The first-order valence-electron chi connectivity index (χ1n) is 7.68. The molecule has 1 aliphatic heterocycles. The minimum absolute atomic E-state index is 0.262. The number of hydrogen-bond acceptors (Lipinski definition) is 5. The van der Waals surface area contributed by atoms with Crippen LogP contribution in [0, 0.1) is 5.82 Å². The molecule has 1 fully saturated rings. The fraction of sp³-hybridized carbons (Fsp3) is 0.312. The van der Waals surface area contributed by atoms with E-state index in [1.165, 1.54) is 12.1 Å². The molecular formula is C16H17FN6. The van der Waals surface area contributed by atoms with Crippen LogP contribution < -0.4 is 10.2 Å². The smallest absolute Gasteiger partial charge is 0.229 e. The van der Waals surface area contributed by atoms with Gasteiger partial charge in [-0.05, 0) is 37.1 Å². The molecule has 0 unspecified atom stereocenters. The molecule has 3 heterocycles. The minimum atomic E-state index is -0.262. The molecule has 0 radical (unpaired) electrons. The summed E-state index contributed by atoms with van der Waals surface area (Å²) in [5.41, 5.74) is 1.56. The average Bonchev–Trinajstić information content (AvgIpc) is 3.20. The van der Waals surface area contributed by atoms with E-state index in [-0.39, 0.29) is 5.82 Å². The van der Waals surface area contributed by atoms with Gasteiger partial charge in [0.15, 0.2) is 5.65 Å². The molecule has 3 aromatic rings. The lowest BCUT2D eigenvalue weighted by atomic mass is 10.3. The molecule has 23 heavy (non-hydrogen) atoms. The molecule has 0 bridgehead atoms. The molecule has 6 nitrogen and oxygen atoms in total. The van der Waals surface area contributed by atoms with Crippen molar-refractivity contribution < 1.29 is 4.39 Å². The molecule has 0 aliphatic carbocycles. The fourth-order valence-electron chi connectivity index (χ4n) is 2.83. The monoisotopic (exact) mass is 312 g/mol.